The summed E-state index contributed by atoms with van der Waals surface area (Å²) in [6.07, 6.45) is 0.850. The van der Waals surface area contributed by atoms with E-state index < -0.39 is 0 Å². The van der Waals surface area contributed by atoms with Crippen LogP contribution in [0.1, 0.15) is 19.8 Å². The lowest BCUT2D eigenvalue weighted by atomic mass is 10.2. The van der Waals surface area contributed by atoms with Crippen molar-refractivity contribution in [1.29, 1.82) is 0 Å². The number of hydrogen-bond acceptors (Lipinski definition) is 6. The maximum Gasteiger partial charge on any atom is 0.409 e. The number of amides is 2. The second-order valence-electron chi connectivity index (χ2n) is 7.98. The second kappa shape index (κ2) is 12.1. The van der Waals surface area contributed by atoms with Crippen molar-refractivity contribution in [3.63, 3.8) is 0 Å². The summed E-state index contributed by atoms with van der Waals surface area (Å²) in [4.78, 5) is 28.0. The zero-order valence-electron chi connectivity index (χ0n) is 19.6. The topological polar surface area (TPSA) is 80.6 Å². The number of piperazine rings is 1. The van der Waals surface area contributed by atoms with Crippen LogP contribution in [0.3, 0.4) is 0 Å². The first-order valence-corrected chi connectivity index (χ1v) is 13.0. The summed E-state index contributed by atoms with van der Waals surface area (Å²) in [5.41, 5.74) is 1.76. The van der Waals surface area contributed by atoms with Crippen molar-refractivity contribution in [2.24, 2.45) is 0 Å². The molecule has 1 aromatic heterocycles. The summed E-state index contributed by atoms with van der Waals surface area (Å²) >= 11 is 8.01. The number of halogens is 1. The monoisotopic (exact) mass is 513 g/mol. The van der Waals surface area contributed by atoms with E-state index in [1.165, 1.54) is 0 Å². The Morgan fingerprint density at radius 1 is 0.971 bits per heavy atom. The van der Waals surface area contributed by atoms with Gasteiger partial charge in [-0.25, -0.2) is 4.79 Å². The third kappa shape index (κ3) is 6.15. The first kappa shape index (κ1) is 25.1. The number of thioether (sulfide) groups is 1. The van der Waals surface area contributed by atoms with E-state index in [0.29, 0.717) is 56.5 Å². The van der Waals surface area contributed by atoms with Gasteiger partial charge in [-0.1, -0.05) is 53.7 Å². The maximum absolute atomic E-state index is 12.7. The third-order valence-electron chi connectivity index (χ3n) is 5.69. The molecule has 1 fully saturated rings. The Bertz CT molecular complexity index is 1150. The molecule has 0 atom stereocenters. The molecule has 0 radical (unpaired) electrons. The summed E-state index contributed by atoms with van der Waals surface area (Å²) in [6, 6.07) is 17.5. The normalized spacial score (nSPS) is 13.7. The molecule has 10 heteroatoms. The predicted octanol–water partition coefficient (Wildman–Crippen LogP) is 4.76. The lowest BCUT2D eigenvalue weighted by Gasteiger charge is -2.34. The number of benzene rings is 2. The van der Waals surface area contributed by atoms with Crippen molar-refractivity contribution < 1.29 is 14.3 Å². The van der Waals surface area contributed by atoms with Gasteiger partial charge in [0.2, 0.25) is 5.91 Å². The number of para-hydroxylation sites is 1. The average Bonchev–Trinajstić information content (AvgIpc) is 3.31. The average molecular weight is 514 g/mol. The fourth-order valence-electron chi connectivity index (χ4n) is 3.89. The molecule has 2 amide bonds. The SMILES string of the molecule is CCOC(=O)N1CCN(C(=O)CCCSc2nnc(-c3ccccc3Cl)n2-c2ccccc2)CC1. The minimum Gasteiger partial charge on any atom is -0.450 e. The zero-order chi connectivity index (χ0) is 24.6. The summed E-state index contributed by atoms with van der Waals surface area (Å²) in [6.45, 7) is 4.22. The van der Waals surface area contributed by atoms with Gasteiger partial charge in [-0.15, -0.1) is 10.2 Å². The summed E-state index contributed by atoms with van der Waals surface area (Å²) in [5.74, 6) is 1.51. The molecule has 0 aliphatic carbocycles. The van der Waals surface area contributed by atoms with E-state index in [1.807, 2.05) is 64.1 Å². The van der Waals surface area contributed by atoms with Crippen molar-refractivity contribution in [3.8, 4) is 17.1 Å². The maximum atomic E-state index is 12.7. The van der Waals surface area contributed by atoms with Crippen LogP contribution in [-0.2, 0) is 9.53 Å². The van der Waals surface area contributed by atoms with E-state index in [2.05, 4.69) is 10.2 Å². The molecule has 1 aliphatic rings. The van der Waals surface area contributed by atoms with Crippen LogP contribution in [0.4, 0.5) is 4.79 Å². The lowest BCUT2D eigenvalue weighted by molar-refractivity contribution is -0.132. The minimum atomic E-state index is -0.310. The highest BCUT2D eigenvalue weighted by molar-refractivity contribution is 7.99. The number of carbonyl (C=O) groups is 2. The highest BCUT2D eigenvalue weighted by atomic mass is 35.5. The van der Waals surface area contributed by atoms with Gasteiger partial charge in [-0.05, 0) is 37.6 Å². The molecular formula is C25H28ClN5O3S. The largest absolute Gasteiger partial charge is 0.450 e. The van der Waals surface area contributed by atoms with Crippen LogP contribution < -0.4 is 0 Å². The smallest absolute Gasteiger partial charge is 0.409 e. The van der Waals surface area contributed by atoms with Gasteiger partial charge in [-0.3, -0.25) is 9.36 Å². The Balaban J connectivity index is 1.35. The van der Waals surface area contributed by atoms with Crippen molar-refractivity contribution in [2.75, 3.05) is 38.5 Å². The van der Waals surface area contributed by atoms with Gasteiger partial charge in [-0.2, -0.15) is 0 Å². The molecule has 0 unspecified atom stereocenters. The summed E-state index contributed by atoms with van der Waals surface area (Å²) in [5, 5.41) is 10.2. The van der Waals surface area contributed by atoms with Gasteiger partial charge in [0, 0.05) is 49.6 Å². The van der Waals surface area contributed by atoms with E-state index in [0.717, 1.165) is 22.2 Å². The molecule has 1 aliphatic heterocycles. The highest BCUT2D eigenvalue weighted by Gasteiger charge is 2.24. The van der Waals surface area contributed by atoms with Crippen LogP contribution in [0.15, 0.2) is 59.8 Å². The standard InChI is InChI=1S/C25H28ClN5O3S/c1-2-34-25(33)30-16-14-29(15-17-30)22(32)13-8-18-35-24-28-27-23(20-11-6-7-12-21(20)26)31(24)19-9-4-3-5-10-19/h3-7,9-12H,2,8,13-18H2,1H3. The Morgan fingerprint density at radius 2 is 1.66 bits per heavy atom. The second-order valence-corrected chi connectivity index (χ2v) is 9.45. The fraction of sp³-hybridized carbons (Fsp3) is 0.360. The van der Waals surface area contributed by atoms with E-state index in [1.54, 1.807) is 23.6 Å². The first-order valence-electron chi connectivity index (χ1n) is 11.7. The van der Waals surface area contributed by atoms with Gasteiger partial charge < -0.3 is 14.5 Å². The van der Waals surface area contributed by atoms with Crippen molar-refractivity contribution >= 4 is 35.4 Å². The molecule has 4 rings (SSSR count). The molecule has 0 saturated carbocycles. The minimum absolute atomic E-state index is 0.107. The van der Waals surface area contributed by atoms with Gasteiger partial charge in [0.15, 0.2) is 11.0 Å². The van der Waals surface area contributed by atoms with Gasteiger partial charge in [0.1, 0.15) is 0 Å². The zero-order valence-corrected chi connectivity index (χ0v) is 21.2. The van der Waals surface area contributed by atoms with Crippen molar-refractivity contribution in [1.82, 2.24) is 24.6 Å². The Morgan fingerprint density at radius 3 is 2.37 bits per heavy atom. The van der Waals surface area contributed by atoms with Gasteiger partial charge in [0.25, 0.3) is 0 Å². The van der Waals surface area contributed by atoms with Crippen molar-refractivity contribution in [2.45, 2.75) is 24.9 Å². The molecule has 8 nitrogen and oxygen atoms in total. The van der Waals surface area contributed by atoms with Crippen LogP contribution in [0, 0.1) is 0 Å². The van der Waals surface area contributed by atoms with Gasteiger partial charge >= 0.3 is 6.09 Å². The first-order chi connectivity index (χ1) is 17.1. The Labute approximate surface area is 214 Å². The number of rotatable bonds is 8. The number of nitrogens with zero attached hydrogens (tertiary/aromatic N) is 5. The van der Waals surface area contributed by atoms with Crippen LogP contribution in [0.25, 0.3) is 17.1 Å². The molecule has 2 aromatic carbocycles. The molecule has 1 saturated heterocycles. The molecule has 184 valence electrons. The fourth-order valence-corrected chi connectivity index (χ4v) is 5.00. The summed E-state index contributed by atoms with van der Waals surface area (Å²) in [7, 11) is 0. The van der Waals surface area contributed by atoms with Gasteiger partial charge in [0.05, 0.1) is 11.6 Å². The lowest BCUT2D eigenvalue weighted by Crippen LogP contribution is -2.50. The molecule has 35 heavy (non-hydrogen) atoms. The van der Waals surface area contributed by atoms with Crippen LogP contribution in [-0.4, -0.2) is 75.1 Å². The van der Waals surface area contributed by atoms with E-state index in [4.69, 9.17) is 16.3 Å². The van der Waals surface area contributed by atoms with Crippen molar-refractivity contribution in [3.05, 3.63) is 59.6 Å². The van der Waals surface area contributed by atoms with Crippen LogP contribution >= 0.6 is 23.4 Å². The van der Waals surface area contributed by atoms with Crippen LogP contribution in [0.2, 0.25) is 5.02 Å². The molecule has 0 spiro atoms. The Hall–Kier alpha value is -3.04. The number of ether oxygens (including phenoxy) is 1. The summed E-state index contributed by atoms with van der Waals surface area (Å²) < 4.78 is 7.04. The molecule has 3 aromatic rings. The third-order valence-corrected chi connectivity index (χ3v) is 7.03. The molecular weight excluding hydrogens is 486 g/mol. The predicted molar refractivity (Wildman–Crippen MR) is 137 cm³/mol. The van der Waals surface area contributed by atoms with E-state index in [9.17, 15) is 9.59 Å². The quantitative estimate of drug-likeness (QED) is 0.319. The molecule has 0 N–H and O–H groups in total. The number of aromatic nitrogens is 3. The van der Waals surface area contributed by atoms with E-state index in [-0.39, 0.29) is 12.0 Å². The highest BCUT2D eigenvalue weighted by Crippen LogP contribution is 2.32. The number of hydrogen-bond donors (Lipinski definition) is 0. The number of carbonyl (C=O) groups excluding carboxylic acids is 2. The Kier molecular flexibility index (Phi) is 8.65. The molecule has 2 heterocycles. The molecule has 0 bridgehead atoms. The van der Waals surface area contributed by atoms with E-state index >= 15 is 0 Å². The van der Waals surface area contributed by atoms with Crippen LogP contribution in [0.5, 0.6) is 0 Å².